The van der Waals surface area contributed by atoms with Gasteiger partial charge >= 0.3 is 0 Å². The Kier molecular flexibility index (Phi) is 4.89. The van der Waals surface area contributed by atoms with Crippen LogP contribution in [0.4, 0.5) is 11.8 Å². The number of hydrogen-bond acceptors (Lipinski definition) is 6. The second kappa shape index (κ2) is 7.22. The van der Waals surface area contributed by atoms with Crippen molar-refractivity contribution in [1.82, 2.24) is 19.5 Å². The quantitative estimate of drug-likeness (QED) is 0.699. The molecule has 0 bridgehead atoms. The largest absolute Gasteiger partial charge is 0.391 e. The highest BCUT2D eigenvalue weighted by Gasteiger charge is 2.26. The molecule has 1 aromatic carbocycles. The lowest BCUT2D eigenvalue weighted by Crippen LogP contribution is -2.29. The van der Waals surface area contributed by atoms with Crippen LogP contribution >= 0.6 is 11.6 Å². The average Bonchev–Trinajstić information content (AvgIpc) is 3.22. The van der Waals surface area contributed by atoms with E-state index in [-0.39, 0.29) is 11.6 Å². The van der Waals surface area contributed by atoms with Crippen molar-refractivity contribution in [2.75, 3.05) is 23.3 Å². The standard InChI is InChI=1S/C20H25ClN6O/c1-20(2,3)25-19-23-17(26-9-8-14(28)11-26)16-18(24-19)27(12-22-16)10-13-6-4-5-7-15(13)21/h4-7,12,14,28H,8-11H2,1-3H3,(H,23,24,25). The molecule has 1 aliphatic rings. The van der Waals surface area contributed by atoms with E-state index in [2.05, 4.69) is 36.0 Å². The Morgan fingerprint density at radius 3 is 2.71 bits per heavy atom. The van der Waals surface area contributed by atoms with Crippen molar-refractivity contribution in [3.8, 4) is 0 Å². The summed E-state index contributed by atoms with van der Waals surface area (Å²) < 4.78 is 1.99. The van der Waals surface area contributed by atoms with E-state index in [4.69, 9.17) is 21.6 Å². The van der Waals surface area contributed by atoms with Crippen molar-refractivity contribution in [2.24, 2.45) is 0 Å². The lowest BCUT2D eigenvalue weighted by molar-refractivity contribution is 0.198. The molecular weight excluding hydrogens is 376 g/mol. The average molecular weight is 401 g/mol. The normalized spacial score (nSPS) is 17.5. The summed E-state index contributed by atoms with van der Waals surface area (Å²) in [5.41, 5.74) is 2.31. The molecule has 7 nitrogen and oxygen atoms in total. The third-order valence-electron chi connectivity index (χ3n) is 4.69. The fourth-order valence-corrected chi connectivity index (χ4v) is 3.60. The van der Waals surface area contributed by atoms with E-state index >= 15 is 0 Å². The summed E-state index contributed by atoms with van der Waals surface area (Å²) in [6, 6.07) is 7.77. The van der Waals surface area contributed by atoms with Crippen LogP contribution in [0.3, 0.4) is 0 Å². The van der Waals surface area contributed by atoms with E-state index in [1.54, 1.807) is 6.33 Å². The Hall–Kier alpha value is -2.38. The smallest absolute Gasteiger partial charge is 0.227 e. The van der Waals surface area contributed by atoms with Gasteiger partial charge in [0.25, 0.3) is 0 Å². The number of imidazole rings is 1. The molecule has 1 fully saturated rings. The van der Waals surface area contributed by atoms with Crippen molar-refractivity contribution in [1.29, 1.82) is 0 Å². The minimum atomic E-state index is -0.339. The first kappa shape index (κ1) is 19.0. The number of anilines is 2. The van der Waals surface area contributed by atoms with Gasteiger partial charge in [-0.1, -0.05) is 29.8 Å². The molecule has 0 spiro atoms. The van der Waals surface area contributed by atoms with Gasteiger partial charge < -0.3 is 19.9 Å². The van der Waals surface area contributed by atoms with Crippen molar-refractivity contribution < 1.29 is 5.11 Å². The minimum Gasteiger partial charge on any atom is -0.391 e. The lowest BCUT2D eigenvalue weighted by atomic mass is 10.1. The molecule has 28 heavy (non-hydrogen) atoms. The summed E-state index contributed by atoms with van der Waals surface area (Å²) in [7, 11) is 0. The molecule has 4 rings (SSSR count). The second-order valence-corrected chi connectivity index (χ2v) is 8.68. The summed E-state index contributed by atoms with van der Waals surface area (Å²) in [4.78, 5) is 16.1. The van der Waals surface area contributed by atoms with Gasteiger partial charge in [0, 0.05) is 23.7 Å². The number of benzene rings is 1. The fraction of sp³-hybridized carbons (Fsp3) is 0.450. The number of aliphatic hydroxyl groups excluding tert-OH is 1. The topological polar surface area (TPSA) is 79.1 Å². The fourth-order valence-electron chi connectivity index (χ4n) is 3.40. The van der Waals surface area contributed by atoms with Crippen LogP contribution in [-0.2, 0) is 6.54 Å². The molecule has 1 atom stereocenters. The summed E-state index contributed by atoms with van der Waals surface area (Å²) in [6.45, 7) is 8.09. The van der Waals surface area contributed by atoms with Crippen molar-refractivity contribution in [2.45, 2.75) is 45.4 Å². The first-order chi connectivity index (χ1) is 13.3. The molecular formula is C20H25ClN6O. The van der Waals surface area contributed by atoms with Crippen LogP contribution in [0, 0.1) is 0 Å². The predicted molar refractivity (Wildman–Crippen MR) is 112 cm³/mol. The monoisotopic (exact) mass is 400 g/mol. The summed E-state index contributed by atoms with van der Waals surface area (Å²) in [6.07, 6.45) is 2.17. The molecule has 1 aliphatic heterocycles. The molecule has 3 aromatic rings. The minimum absolute atomic E-state index is 0.178. The van der Waals surface area contributed by atoms with Crippen LogP contribution in [0.2, 0.25) is 5.02 Å². The molecule has 2 aromatic heterocycles. The molecule has 0 saturated carbocycles. The SMILES string of the molecule is CC(C)(C)Nc1nc(N2CCC(O)C2)c2ncn(Cc3ccccc3Cl)c2n1. The van der Waals surface area contributed by atoms with E-state index in [0.29, 0.717) is 24.1 Å². The maximum atomic E-state index is 9.98. The highest BCUT2D eigenvalue weighted by molar-refractivity contribution is 6.31. The number of rotatable bonds is 4. The Morgan fingerprint density at radius 1 is 1.25 bits per heavy atom. The summed E-state index contributed by atoms with van der Waals surface area (Å²) in [5.74, 6) is 1.31. The van der Waals surface area contributed by atoms with E-state index in [0.717, 1.165) is 35.5 Å². The van der Waals surface area contributed by atoms with Crippen LogP contribution in [0.25, 0.3) is 11.2 Å². The van der Waals surface area contributed by atoms with Gasteiger partial charge in [0.15, 0.2) is 17.0 Å². The third kappa shape index (κ3) is 3.91. The zero-order valence-corrected chi connectivity index (χ0v) is 17.1. The van der Waals surface area contributed by atoms with Crippen LogP contribution < -0.4 is 10.2 Å². The molecule has 2 N–H and O–H groups in total. The van der Waals surface area contributed by atoms with Crippen LogP contribution in [0.15, 0.2) is 30.6 Å². The van der Waals surface area contributed by atoms with E-state index in [1.165, 1.54) is 0 Å². The zero-order valence-electron chi connectivity index (χ0n) is 16.4. The molecule has 8 heteroatoms. The van der Waals surface area contributed by atoms with Gasteiger partial charge in [-0.3, -0.25) is 0 Å². The number of aliphatic hydroxyl groups is 1. The van der Waals surface area contributed by atoms with E-state index in [9.17, 15) is 5.11 Å². The lowest BCUT2D eigenvalue weighted by Gasteiger charge is -2.23. The van der Waals surface area contributed by atoms with Gasteiger partial charge in [-0.05, 0) is 38.8 Å². The molecule has 1 unspecified atom stereocenters. The van der Waals surface area contributed by atoms with Gasteiger partial charge in [0.2, 0.25) is 5.95 Å². The summed E-state index contributed by atoms with van der Waals surface area (Å²) in [5, 5.41) is 14.1. The van der Waals surface area contributed by atoms with Crippen molar-refractivity contribution in [3.63, 3.8) is 0 Å². The number of nitrogens with one attached hydrogen (secondary N) is 1. The van der Waals surface area contributed by atoms with Crippen LogP contribution in [0.5, 0.6) is 0 Å². The highest BCUT2D eigenvalue weighted by Crippen LogP contribution is 2.29. The maximum absolute atomic E-state index is 9.98. The number of halogens is 1. The van der Waals surface area contributed by atoms with Gasteiger partial charge in [-0.25, -0.2) is 4.98 Å². The Bertz CT molecular complexity index is 996. The Labute approximate surface area is 169 Å². The van der Waals surface area contributed by atoms with E-state index in [1.807, 2.05) is 28.8 Å². The van der Waals surface area contributed by atoms with Crippen molar-refractivity contribution >= 4 is 34.5 Å². The molecule has 0 aliphatic carbocycles. The Morgan fingerprint density at radius 2 is 2.04 bits per heavy atom. The second-order valence-electron chi connectivity index (χ2n) is 8.27. The third-order valence-corrected chi connectivity index (χ3v) is 5.06. The number of aromatic nitrogens is 4. The van der Waals surface area contributed by atoms with Gasteiger partial charge in [0.05, 0.1) is 19.0 Å². The predicted octanol–water partition coefficient (Wildman–Crippen LogP) is 3.31. The maximum Gasteiger partial charge on any atom is 0.227 e. The van der Waals surface area contributed by atoms with Crippen molar-refractivity contribution in [3.05, 3.63) is 41.2 Å². The zero-order chi connectivity index (χ0) is 19.9. The molecule has 0 radical (unpaired) electrons. The van der Waals surface area contributed by atoms with Gasteiger partial charge in [-0.2, -0.15) is 9.97 Å². The van der Waals surface area contributed by atoms with Crippen LogP contribution in [-0.4, -0.2) is 49.4 Å². The molecule has 3 heterocycles. The first-order valence-electron chi connectivity index (χ1n) is 9.47. The molecule has 0 amide bonds. The number of fused-ring (bicyclic) bond motifs is 1. The number of nitrogens with zero attached hydrogens (tertiary/aromatic N) is 5. The Balaban J connectivity index is 1.79. The van der Waals surface area contributed by atoms with Crippen LogP contribution in [0.1, 0.15) is 32.8 Å². The first-order valence-corrected chi connectivity index (χ1v) is 9.85. The summed E-state index contributed by atoms with van der Waals surface area (Å²) >= 11 is 6.35. The highest BCUT2D eigenvalue weighted by atomic mass is 35.5. The number of hydrogen-bond donors (Lipinski definition) is 2. The number of β-amino-alcohol motifs (C(OH)–C–C–N with tert-alkyl or cyclic N) is 1. The molecule has 148 valence electrons. The van der Waals surface area contributed by atoms with Gasteiger partial charge in [-0.15, -0.1) is 0 Å². The van der Waals surface area contributed by atoms with Gasteiger partial charge in [0.1, 0.15) is 0 Å². The molecule has 1 saturated heterocycles. The van der Waals surface area contributed by atoms with E-state index < -0.39 is 0 Å².